The van der Waals surface area contributed by atoms with Crippen LogP contribution in [0.5, 0.6) is 17.2 Å². The molecule has 1 N–H and O–H groups in total. The highest BCUT2D eigenvalue weighted by Crippen LogP contribution is 2.34. The van der Waals surface area contributed by atoms with Crippen LogP contribution in [0.15, 0.2) is 36.4 Å². The highest BCUT2D eigenvalue weighted by Gasteiger charge is 2.24. The third-order valence-corrected chi connectivity index (χ3v) is 3.96. The van der Waals surface area contributed by atoms with Crippen LogP contribution in [-0.2, 0) is 9.53 Å². The molecule has 0 aliphatic heterocycles. The van der Waals surface area contributed by atoms with Crippen molar-refractivity contribution in [3.05, 3.63) is 47.8 Å². The summed E-state index contributed by atoms with van der Waals surface area (Å²) in [5.41, 5.74) is 0.235. The zero-order valence-corrected chi connectivity index (χ0v) is 16.1. The van der Waals surface area contributed by atoms with Crippen LogP contribution in [0.3, 0.4) is 0 Å². The van der Waals surface area contributed by atoms with Crippen molar-refractivity contribution in [3.8, 4) is 17.2 Å². The molecule has 0 heterocycles. The predicted octanol–water partition coefficient (Wildman–Crippen LogP) is 3.43. The van der Waals surface area contributed by atoms with Crippen LogP contribution in [0.2, 0.25) is 0 Å². The molecule has 0 unspecified atom stereocenters. The maximum Gasteiger partial charge on any atom is 0.340 e. The Bertz CT molecular complexity index is 855. The summed E-state index contributed by atoms with van der Waals surface area (Å²) in [6.45, 7) is 1.72. The number of hydrogen-bond donors (Lipinski definition) is 1. The van der Waals surface area contributed by atoms with E-state index in [9.17, 15) is 14.0 Å². The average molecular weight is 391 g/mol. The number of carbonyl (C=O) groups excluding carboxylic acids is 2. The fourth-order valence-electron chi connectivity index (χ4n) is 2.49. The van der Waals surface area contributed by atoms with Crippen molar-refractivity contribution < 1.29 is 32.9 Å². The van der Waals surface area contributed by atoms with Crippen LogP contribution in [-0.4, -0.2) is 39.3 Å². The molecule has 0 fully saturated rings. The molecular formula is C20H22FNO6. The van der Waals surface area contributed by atoms with Gasteiger partial charge in [-0.2, -0.15) is 0 Å². The van der Waals surface area contributed by atoms with Crippen LogP contribution >= 0.6 is 0 Å². The van der Waals surface area contributed by atoms with Crippen molar-refractivity contribution >= 4 is 17.6 Å². The van der Waals surface area contributed by atoms with Gasteiger partial charge in [-0.1, -0.05) is 19.1 Å². The summed E-state index contributed by atoms with van der Waals surface area (Å²) in [7, 11) is 4.07. The molecule has 0 radical (unpaired) electrons. The zero-order valence-electron chi connectivity index (χ0n) is 16.1. The number of amides is 1. The largest absolute Gasteiger partial charge is 0.493 e. The van der Waals surface area contributed by atoms with E-state index in [1.807, 2.05) is 0 Å². The van der Waals surface area contributed by atoms with E-state index in [-0.39, 0.29) is 23.4 Å². The lowest BCUT2D eigenvalue weighted by molar-refractivity contribution is -0.122. The van der Waals surface area contributed by atoms with Crippen molar-refractivity contribution in [1.82, 2.24) is 0 Å². The van der Waals surface area contributed by atoms with Gasteiger partial charge in [-0.15, -0.1) is 0 Å². The maximum atomic E-state index is 13.8. The van der Waals surface area contributed by atoms with Gasteiger partial charge >= 0.3 is 5.97 Å². The average Bonchev–Trinajstić information content (AvgIpc) is 2.72. The molecule has 0 aliphatic carbocycles. The Morgan fingerprint density at radius 1 is 1.04 bits per heavy atom. The molecule has 1 amide bonds. The number of carbonyl (C=O) groups is 2. The first-order valence-electron chi connectivity index (χ1n) is 8.51. The Kier molecular flexibility index (Phi) is 7.20. The Balaban J connectivity index is 2.32. The van der Waals surface area contributed by atoms with Crippen molar-refractivity contribution in [2.45, 2.75) is 19.4 Å². The number of methoxy groups -OCH3 is 3. The van der Waals surface area contributed by atoms with E-state index < -0.39 is 23.8 Å². The SMILES string of the molecule is CC[C@@H](Oc1ccccc1F)C(=O)Nc1cc(OC)c(OC)cc1C(=O)OC. The number of hydrogen-bond acceptors (Lipinski definition) is 6. The third kappa shape index (κ3) is 4.70. The van der Waals surface area contributed by atoms with Gasteiger partial charge < -0.3 is 24.3 Å². The van der Waals surface area contributed by atoms with Gasteiger partial charge in [-0.25, -0.2) is 9.18 Å². The highest BCUT2D eigenvalue weighted by molar-refractivity contribution is 6.03. The Hall–Kier alpha value is -3.29. The molecule has 0 bridgehead atoms. The van der Waals surface area contributed by atoms with Crippen molar-refractivity contribution in [3.63, 3.8) is 0 Å². The third-order valence-electron chi connectivity index (χ3n) is 3.96. The van der Waals surface area contributed by atoms with E-state index in [2.05, 4.69) is 5.32 Å². The van der Waals surface area contributed by atoms with Gasteiger partial charge in [0, 0.05) is 12.1 Å². The smallest absolute Gasteiger partial charge is 0.340 e. The number of nitrogens with one attached hydrogen (secondary N) is 1. The number of benzene rings is 2. The lowest BCUT2D eigenvalue weighted by atomic mass is 10.1. The number of ether oxygens (including phenoxy) is 4. The molecule has 28 heavy (non-hydrogen) atoms. The number of para-hydroxylation sites is 1. The summed E-state index contributed by atoms with van der Waals surface area (Å²) in [5.74, 6) is -1.22. The predicted molar refractivity (Wildman–Crippen MR) is 101 cm³/mol. The number of anilines is 1. The van der Waals surface area contributed by atoms with Crippen molar-refractivity contribution in [2.75, 3.05) is 26.6 Å². The van der Waals surface area contributed by atoms with Crippen LogP contribution in [0, 0.1) is 5.82 Å². The fraction of sp³-hybridized carbons (Fsp3) is 0.300. The minimum atomic E-state index is -0.976. The second-order valence-electron chi connectivity index (χ2n) is 5.68. The van der Waals surface area contributed by atoms with Gasteiger partial charge in [0.2, 0.25) is 0 Å². The van der Waals surface area contributed by atoms with Gasteiger partial charge in [0.25, 0.3) is 5.91 Å². The number of esters is 1. The minimum absolute atomic E-state index is 0.0370. The standard InChI is InChI=1S/C20H22FNO6/c1-5-15(28-16-9-7-6-8-13(16)21)19(23)22-14-11-18(26-3)17(25-2)10-12(14)20(24)27-4/h6-11,15H,5H2,1-4H3,(H,22,23)/t15-/m1/s1. The molecule has 150 valence electrons. The fourth-order valence-corrected chi connectivity index (χ4v) is 2.49. The molecular weight excluding hydrogens is 369 g/mol. The summed E-state index contributed by atoms with van der Waals surface area (Å²) < 4.78 is 34.5. The van der Waals surface area contributed by atoms with Gasteiger partial charge in [-0.05, 0) is 18.6 Å². The zero-order chi connectivity index (χ0) is 20.7. The molecule has 8 heteroatoms. The first-order valence-corrected chi connectivity index (χ1v) is 8.51. The molecule has 2 aromatic carbocycles. The lowest BCUT2D eigenvalue weighted by Crippen LogP contribution is -2.33. The number of halogens is 1. The van der Waals surface area contributed by atoms with Crippen LogP contribution in [0.25, 0.3) is 0 Å². The van der Waals surface area contributed by atoms with E-state index in [0.717, 1.165) is 0 Å². The van der Waals surface area contributed by atoms with Crippen LogP contribution < -0.4 is 19.5 Å². The Morgan fingerprint density at radius 3 is 2.25 bits per heavy atom. The molecule has 0 aromatic heterocycles. The lowest BCUT2D eigenvalue weighted by Gasteiger charge is -2.19. The van der Waals surface area contributed by atoms with E-state index in [4.69, 9.17) is 18.9 Å². The van der Waals surface area contributed by atoms with E-state index in [1.54, 1.807) is 13.0 Å². The highest BCUT2D eigenvalue weighted by atomic mass is 19.1. The number of rotatable bonds is 8. The van der Waals surface area contributed by atoms with Gasteiger partial charge in [0.15, 0.2) is 29.2 Å². The molecule has 7 nitrogen and oxygen atoms in total. The quantitative estimate of drug-likeness (QED) is 0.695. The van der Waals surface area contributed by atoms with Gasteiger partial charge in [0.05, 0.1) is 32.6 Å². The summed E-state index contributed by atoms with van der Waals surface area (Å²) in [6, 6.07) is 8.64. The van der Waals surface area contributed by atoms with Gasteiger partial charge in [0.1, 0.15) is 0 Å². The normalized spacial score (nSPS) is 11.3. The summed E-state index contributed by atoms with van der Waals surface area (Å²) >= 11 is 0. The topological polar surface area (TPSA) is 83.1 Å². The second kappa shape index (κ2) is 9.59. The molecule has 0 aliphatic rings. The second-order valence-corrected chi connectivity index (χ2v) is 5.68. The molecule has 2 aromatic rings. The molecule has 1 atom stereocenters. The first-order chi connectivity index (χ1) is 13.4. The molecule has 2 rings (SSSR count). The van der Waals surface area contributed by atoms with Crippen molar-refractivity contribution in [1.29, 1.82) is 0 Å². The molecule has 0 spiro atoms. The minimum Gasteiger partial charge on any atom is -0.493 e. The Morgan fingerprint density at radius 2 is 1.68 bits per heavy atom. The maximum absolute atomic E-state index is 13.8. The van der Waals surface area contributed by atoms with Gasteiger partial charge in [-0.3, -0.25) is 4.79 Å². The summed E-state index contributed by atoms with van der Waals surface area (Å²) in [6.07, 6.45) is -0.698. The van der Waals surface area contributed by atoms with Crippen LogP contribution in [0.1, 0.15) is 23.7 Å². The van der Waals surface area contributed by atoms with Crippen LogP contribution in [0.4, 0.5) is 10.1 Å². The summed E-state index contributed by atoms with van der Waals surface area (Å²) in [4.78, 5) is 24.8. The summed E-state index contributed by atoms with van der Waals surface area (Å²) in [5, 5.41) is 2.62. The first kappa shape index (κ1) is 21.0. The van der Waals surface area contributed by atoms with E-state index >= 15 is 0 Å². The Labute approximate surface area is 162 Å². The van der Waals surface area contributed by atoms with E-state index in [0.29, 0.717) is 11.5 Å². The monoisotopic (exact) mass is 391 g/mol. The van der Waals surface area contributed by atoms with Crippen molar-refractivity contribution in [2.24, 2.45) is 0 Å². The molecule has 0 saturated carbocycles. The molecule has 0 saturated heterocycles. The van der Waals surface area contributed by atoms with E-state index in [1.165, 1.54) is 51.7 Å².